The van der Waals surface area contributed by atoms with E-state index in [4.69, 9.17) is 0 Å². The van der Waals surface area contributed by atoms with Gasteiger partial charge in [-0.1, -0.05) is 22.0 Å². The number of anilines is 1. The normalized spacial score (nSPS) is 21.1. The van der Waals surface area contributed by atoms with Crippen LogP contribution >= 0.6 is 38.5 Å². The molecule has 0 bridgehead atoms. The van der Waals surface area contributed by atoms with E-state index in [1.165, 1.54) is 9.13 Å². The molecule has 15 heavy (non-hydrogen) atoms. The zero-order valence-corrected chi connectivity index (χ0v) is 12.1. The third-order valence-electron chi connectivity index (χ3n) is 2.61. The Labute approximate surface area is 111 Å². The first-order valence-electron chi connectivity index (χ1n) is 4.79. The standard InChI is InChI=1S/C11H11BrINO/c1-7-9(13)3-2-4-10(7)14-6-8(12)5-11(14)15/h2-4,8H,5-6H2,1H3. The predicted molar refractivity (Wildman–Crippen MR) is 73.6 cm³/mol. The van der Waals surface area contributed by atoms with Crippen molar-refractivity contribution in [2.24, 2.45) is 0 Å². The number of halogens is 2. The summed E-state index contributed by atoms with van der Waals surface area (Å²) in [6.45, 7) is 2.84. The molecule has 80 valence electrons. The van der Waals surface area contributed by atoms with Gasteiger partial charge in [-0.3, -0.25) is 4.79 Å². The zero-order valence-electron chi connectivity index (χ0n) is 8.34. The van der Waals surface area contributed by atoms with Crippen LogP contribution in [0, 0.1) is 10.5 Å². The molecule has 0 aliphatic carbocycles. The highest BCUT2D eigenvalue weighted by Gasteiger charge is 2.29. The summed E-state index contributed by atoms with van der Waals surface area (Å²) >= 11 is 5.79. The molecule has 0 aromatic heterocycles. The van der Waals surface area contributed by atoms with Crippen LogP contribution in [0.3, 0.4) is 0 Å². The maximum Gasteiger partial charge on any atom is 0.228 e. The number of nitrogens with zero attached hydrogens (tertiary/aromatic N) is 1. The first kappa shape index (κ1) is 11.4. The van der Waals surface area contributed by atoms with Gasteiger partial charge in [0.1, 0.15) is 0 Å². The zero-order chi connectivity index (χ0) is 11.0. The molecule has 1 saturated heterocycles. The topological polar surface area (TPSA) is 20.3 Å². The fraction of sp³-hybridized carbons (Fsp3) is 0.364. The molecule has 0 N–H and O–H groups in total. The van der Waals surface area contributed by atoms with Crippen LogP contribution in [0.1, 0.15) is 12.0 Å². The quantitative estimate of drug-likeness (QED) is 0.542. The van der Waals surface area contributed by atoms with E-state index in [0.29, 0.717) is 11.2 Å². The van der Waals surface area contributed by atoms with E-state index >= 15 is 0 Å². The first-order valence-corrected chi connectivity index (χ1v) is 6.78. The van der Waals surface area contributed by atoms with Gasteiger partial charge >= 0.3 is 0 Å². The largest absolute Gasteiger partial charge is 0.311 e. The number of hydrogen-bond donors (Lipinski definition) is 0. The Morgan fingerprint density at radius 3 is 2.87 bits per heavy atom. The molecule has 1 aliphatic rings. The predicted octanol–water partition coefficient (Wildman–Crippen LogP) is 3.10. The third-order valence-corrected chi connectivity index (χ3v) is 4.39. The van der Waals surface area contributed by atoms with E-state index in [1.54, 1.807) is 0 Å². The molecule has 0 saturated carbocycles. The maximum atomic E-state index is 11.7. The van der Waals surface area contributed by atoms with Gasteiger partial charge in [-0.15, -0.1) is 0 Å². The van der Waals surface area contributed by atoms with Crippen LogP contribution in [0.4, 0.5) is 5.69 Å². The molecule has 1 aliphatic heterocycles. The van der Waals surface area contributed by atoms with Crippen molar-refractivity contribution < 1.29 is 4.79 Å². The molecule has 1 heterocycles. The van der Waals surface area contributed by atoms with E-state index in [0.717, 1.165) is 12.2 Å². The fourth-order valence-corrected chi connectivity index (χ4v) is 2.84. The van der Waals surface area contributed by atoms with Crippen molar-refractivity contribution in [3.05, 3.63) is 27.3 Å². The van der Waals surface area contributed by atoms with Crippen molar-refractivity contribution in [2.45, 2.75) is 18.2 Å². The molecule has 2 rings (SSSR count). The Kier molecular flexibility index (Phi) is 3.35. The average Bonchev–Trinajstić information content (AvgIpc) is 2.50. The highest BCUT2D eigenvalue weighted by Crippen LogP contribution is 2.29. The summed E-state index contributed by atoms with van der Waals surface area (Å²) < 4.78 is 1.20. The molecule has 1 unspecified atom stereocenters. The Hall–Kier alpha value is -0.100. The van der Waals surface area contributed by atoms with Gasteiger partial charge in [-0.25, -0.2) is 0 Å². The number of benzene rings is 1. The van der Waals surface area contributed by atoms with E-state index in [2.05, 4.69) is 51.5 Å². The number of amides is 1. The first-order chi connectivity index (χ1) is 7.09. The summed E-state index contributed by atoms with van der Waals surface area (Å²) in [7, 11) is 0. The lowest BCUT2D eigenvalue weighted by molar-refractivity contribution is -0.117. The van der Waals surface area contributed by atoms with E-state index in [9.17, 15) is 4.79 Å². The van der Waals surface area contributed by atoms with Gasteiger partial charge in [0.2, 0.25) is 5.91 Å². The van der Waals surface area contributed by atoms with Crippen LogP contribution in [0.5, 0.6) is 0 Å². The van der Waals surface area contributed by atoms with Gasteiger partial charge in [-0.05, 0) is 47.2 Å². The van der Waals surface area contributed by atoms with Gasteiger partial charge in [0, 0.05) is 27.1 Å². The van der Waals surface area contributed by atoms with Crippen molar-refractivity contribution in [1.82, 2.24) is 0 Å². The van der Waals surface area contributed by atoms with Crippen LogP contribution < -0.4 is 4.90 Å². The van der Waals surface area contributed by atoms with Crippen LogP contribution in [-0.2, 0) is 4.79 Å². The van der Waals surface area contributed by atoms with Crippen molar-refractivity contribution in [3.8, 4) is 0 Å². The minimum absolute atomic E-state index is 0.210. The summed E-state index contributed by atoms with van der Waals surface area (Å²) in [6.07, 6.45) is 0.602. The Bertz CT molecular complexity index is 408. The average molecular weight is 380 g/mol. The van der Waals surface area contributed by atoms with Gasteiger partial charge in [0.25, 0.3) is 0 Å². The molecular formula is C11H11BrINO. The van der Waals surface area contributed by atoms with Gasteiger partial charge in [0.15, 0.2) is 0 Å². The van der Waals surface area contributed by atoms with Crippen LogP contribution in [0.15, 0.2) is 18.2 Å². The highest BCUT2D eigenvalue weighted by atomic mass is 127. The molecule has 1 atom stereocenters. The van der Waals surface area contributed by atoms with Crippen LogP contribution in [0.25, 0.3) is 0 Å². The number of hydrogen-bond acceptors (Lipinski definition) is 1. The smallest absolute Gasteiger partial charge is 0.228 e. The molecule has 0 spiro atoms. The van der Waals surface area contributed by atoms with E-state index < -0.39 is 0 Å². The van der Waals surface area contributed by atoms with Crippen LogP contribution in [0.2, 0.25) is 0 Å². The molecule has 1 aromatic rings. The minimum Gasteiger partial charge on any atom is -0.311 e. The molecule has 2 nitrogen and oxygen atoms in total. The van der Waals surface area contributed by atoms with Gasteiger partial charge in [0.05, 0.1) is 0 Å². The van der Waals surface area contributed by atoms with E-state index in [1.807, 2.05) is 17.0 Å². The molecule has 0 radical (unpaired) electrons. The summed E-state index contributed by atoms with van der Waals surface area (Å²) in [5.74, 6) is 0.210. The molecule has 1 aromatic carbocycles. The van der Waals surface area contributed by atoms with Crippen LogP contribution in [-0.4, -0.2) is 17.3 Å². The van der Waals surface area contributed by atoms with Crippen molar-refractivity contribution >= 4 is 50.1 Å². The summed E-state index contributed by atoms with van der Waals surface area (Å²) in [4.78, 5) is 13.9. The van der Waals surface area contributed by atoms with Crippen molar-refractivity contribution in [1.29, 1.82) is 0 Å². The van der Waals surface area contributed by atoms with Gasteiger partial charge in [-0.2, -0.15) is 0 Å². The summed E-state index contributed by atoms with van der Waals surface area (Å²) in [5, 5.41) is 0. The lowest BCUT2D eigenvalue weighted by atomic mass is 10.2. The van der Waals surface area contributed by atoms with E-state index in [-0.39, 0.29) is 5.91 Å². The minimum atomic E-state index is 0.210. The maximum absolute atomic E-state index is 11.7. The van der Waals surface area contributed by atoms with Crippen molar-refractivity contribution in [2.75, 3.05) is 11.4 Å². The van der Waals surface area contributed by atoms with Crippen molar-refractivity contribution in [3.63, 3.8) is 0 Å². The monoisotopic (exact) mass is 379 g/mol. The Morgan fingerprint density at radius 2 is 2.27 bits per heavy atom. The Balaban J connectivity index is 2.38. The fourth-order valence-electron chi connectivity index (χ4n) is 1.79. The lowest BCUT2D eigenvalue weighted by Gasteiger charge is -2.19. The summed E-state index contributed by atoms with van der Waals surface area (Å²) in [5.41, 5.74) is 2.24. The molecule has 4 heteroatoms. The molecular weight excluding hydrogens is 369 g/mol. The third kappa shape index (κ3) is 2.20. The second kappa shape index (κ2) is 4.41. The SMILES string of the molecule is Cc1c(I)cccc1N1CC(Br)CC1=O. The Morgan fingerprint density at radius 1 is 1.53 bits per heavy atom. The number of carbonyl (C=O) groups excluding carboxylic acids is 1. The molecule has 1 amide bonds. The second-order valence-electron chi connectivity index (χ2n) is 3.69. The molecule has 1 fully saturated rings. The van der Waals surface area contributed by atoms with Gasteiger partial charge < -0.3 is 4.90 Å². The highest BCUT2D eigenvalue weighted by molar-refractivity contribution is 14.1. The summed E-state index contributed by atoms with van der Waals surface area (Å²) in [6, 6.07) is 6.07. The number of rotatable bonds is 1. The lowest BCUT2D eigenvalue weighted by Crippen LogP contribution is -2.25. The number of carbonyl (C=O) groups is 1. The second-order valence-corrected chi connectivity index (χ2v) is 6.15. The number of alkyl halides is 1.